The third-order valence-corrected chi connectivity index (χ3v) is 3.65. The van der Waals surface area contributed by atoms with Gasteiger partial charge in [0.15, 0.2) is 11.5 Å². The summed E-state index contributed by atoms with van der Waals surface area (Å²) in [6.07, 6.45) is 4.73. The summed E-state index contributed by atoms with van der Waals surface area (Å²) in [4.78, 5) is 20.9. The minimum atomic E-state index is 0.341. The molecular formula is C14H15N7. The lowest BCUT2D eigenvalue weighted by Crippen LogP contribution is -2.59. The number of hydrogen-bond donors (Lipinski definition) is 0. The first-order chi connectivity index (χ1) is 10.2. The molecule has 7 nitrogen and oxygen atoms in total. The van der Waals surface area contributed by atoms with Gasteiger partial charge >= 0.3 is 0 Å². The normalized spacial score (nSPS) is 14.4. The molecule has 0 saturated carbocycles. The highest BCUT2D eigenvalue weighted by atomic mass is 15.3. The van der Waals surface area contributed by atoms with Gasteiger partial charge in [0, 0.05) is 44.3 Å². The van der Waals surface area contributed by atoms with Crippen LogP contribution in [0.1, 0.15) is 11.4 Å². The van der Waals surface area contributed by atoms with E-state index in [-0.39, 0.29) is 0 Å². The van der Waals surface area contributed by atoms with Gasteiger partial charge in [-0.25, -0.2) is 19.9 Å². The molecule has 1 fully saturated rings. The topological polar surface area (TPSA) is 81.8 Å². The summed E-state index contributed by atoms with van der Waals surface area (Å²) < 4.78 is 0. The van der Waals surface area contributed by atoms with Gasteiger partial charge in [0.2, 0.25) is 0 Å². The minimum Gasteiger partial charge on any atom is -0.353 e. The molecular weight excluding hydrogens is 266 g/mol. The lowest BCUT2D eigenvalue weighted by atomic mass is 10.1. The fraction of sp³-hybridized carbons (Fsp3) is 0.357. The van der Waals surface area contributed by atoms with Crippen LogP contribution in [-0.4, -0.2) is 46.1 Å². The molecule has 0 aliphatic carbocycles. The largest absolute Gasteiger partial charge is 0.353 e. The van der Waals surface area contributed by atoms with Gasteiger partial charge in [-0.3, -0.25) is 0 Å². The van der Waals surface area contributed by atoms with Gasteiger partial charge in [0.1, 0.15) is 18.2 Å². The number of anilines is 2. The minimum absolute atomic E-state index is 0.341. The maximum atomic E-state index is 9.06. The fourth-order valence-corrected chi connectivity index (χ4v) is 2.33. The van der Waals surface area contributed by atoms with Gasteiger partial charge in [0.05, 0.1) is 6.04 Å². The first-order valence-electron chi connectivity index (χ1n) is 6.66. The van der Waals surface area contributed by atoms with Gasteiger partial charge in [-0.1, -0.05) is 0 Å². The monoisotopic (exact) mass is 281 g/mol. The van der Waals surface area contributed by atoms with E-state index in [0.717, 1.165) is 24.6 Å². The molecule has 1 aliphatic heterocycles. The van der Waals surface area contributed by atoms with Gasteiger partial charge in [-0.05, 0) is 6.92 Å². The van der Waals surface area contributed by atoms with Gasteiger partial charge in [0.25, 0.3) is 0 Å². The Kier molecular flexibility index (Phi) is 3.36. The standard InChI is InChI=1S/C14H15N7/c1-10-5-13(19-9-18-10)20(2)11-7-21(8-11)14-12(6-15)16-3-4-17-14/h3-5,9,11H,7-8H2,1-2H3. The summed E-state index contributed by atoms with van der Waals surface area (Å²) in [6.45, 7) is 3.55. The van der Waals surface area contributed by atoms with Crippen LogP contribution in [0.4, 0.5) is 11.6 Å². The Bertz CT molecular complexity index is 688. The van der Waals surface area contributed by atoms with E-state index in [1.54, 1.807) is 12.5 Å². The first-order valence-corrected chi connectivity index (χ1v) is 6.66. The Morgan fingerprint density at radius 2 is 2.00 bits per heavy atom. The fourth-order valence-electron chi connectivity index (χ4n) is 2.33. The molecule has 0 unspecified atom stereocenters. The van der Waals surface area contributed by atoms with Crippen molar-refractivity contribution in [2.24, 2.45) is 0 Å². The maximum Gasteiger partial charge on any atom is 0.183 e. The number of rotatable bonds is 3. The van der Waals surface area contributed by atoms with Crippen molar-refractivity contribution < 1.29 is 0 Å². The molecule has 0 radical (unpaired) electrons. The van der Waals surface area contributed by atoms with Crippen molar-refractivity contribution >= 4 is 11.6 Å². The van der Waals surface area contributed by atoms with E-state index in [1.165, 1.54) is 6.20 Å². The summed E-state index contributed by atoms with van der Waals surface area (Å²) in [5, 5.41) is 9.06. The summed E-state index contributed by atoms with van der Waals surface area (Å²) >= 11 is 0. The van der Waals surface area contributed by atoms with E-state index < -0.39 is 0 Å². The molecule has 0 aromatic carbocycles. The number of aromatic nitrogens is 4. The van der Waals surface area contributed by atoms with E-state index in [4.69, 9.17) is 5.26 Å². The Balaban J connectivity index is 1.70. The van der Waals surface area contributed by atoms with Gasteiger partial charge in [-0.2, -0.15) is 5.26 Å². The van der Waals surface area contributed by atoms with E-state index in [9.17, 15) is 0 Å². The van der Waals surface area contributed by atoms with Crippen molar-refractivity contribution in [3.8, 4) is 6.07 Å². The Labute approximate surface area is 122 Å². The quantitative estimate of drug-likeness (QED) is 0.821. The van der Waals surface area contributed by atoms with Crippen LogP contribution in [0.25, 0.3) is 0 Å². The molecule has 1 saturated heterocycles. The molecule has 7 heteroatoms. The van der Waals surface area contributed by atoms with Crippen molar-refractivity contribution in [2.75, 3.05) is 29.9 Å². The highest BCUT2D eigenvalue weighted by Crippen LogP contribution is 2.25. The van der Waals surface area contributed by atoms with Crippen molar-refractivity contribution in [3.05, 3.63) is 36.2 Å². The second kappa shape index (κ2) is 5.32. The second-order valence-corrected chi connectivity index (χ2v) is 5.03. The Morgan fingerprint density at radius 1 is 1.24 bits per heavy atom. The molecule has 0 amide bonds. The predicted molar refractivity (Wildman–Crippen MR) is 77.9 cm³/mol. The first kappa shape index (κ1) is 13.2. The van der Waals surface area contributed by atoms with E-state index in [0.29, 0.717) is 17.6 Å². The van der Waals surface area contributed by atoms with Crippen molar-refractivity contribution in [2.45, 2.75) is 13.0 Å². The molecule has 0 atom stereocenters. The lowest BCUT2D eigenvalue weighted by Gasteiger charge is -2.45. The third-order valence-electron chi connectivity index (χ3n) is 3.65. The highest BCUT2D eigenvalue weighted by Gasteiger charge is 2.33. The van der Waals surface area contributed by atoms with Crippen LogP contribution >= 0.6 is 0 Å². The van der Waals surface area contributed by atoms with Crippen LogP contribution in [0.2, 0.25) is 0 Å². The number of hydrogen-bond acceptors (Lipinski definition) is 7. The van der Waals surface area contributed by atoms with Crippen LogP contribution in [0.15, 0.2) is 24.8 Å². The smallest absolute Gasteiger partial charge is 0.183 e. The number of nitrogens with zero attached hydrogens (tertiary/aromatic N) is 7. The van der Waals surface area contributed by atoms with Gasteiger partial charge in [-0.15, -0.1) is 0 Å². The highest BCUT2D eigenvalue weighted by molar-refractivity contribution is 5.54. The summed E-state index contributed by atoms with van der Waals surface area (Å²) in [5.41, 5.74) is 1.32. The average Bonchev–Trinajstić information content (AvgIpc) is 2.46. The molecule has 0 bridgehead atoms. The number of nitriles is 1. The van der Waals surface area contributed by atoms with Crippen molar-refractivity contribution in [1.82, 2.24) is 19.9 Å². The van der Waals surface area contributed by atoms with Crippen LogP contribution in [0.5, 0.6) is 0 Å². The maximum absolute atomic E-state index is 9.06. The van der Waals surface area contributed by atoms with Crippen molar-refractivity contribution in [1.29, 1.82) is 5.26 Å². The third kappa shape index (κ3) is 2.48. The van der Waals surface area contributed by atoms with E-state index in [2.05, 4.69) is 35.8 Å². The Morgan fingerprint density at radius 3 is 2.71 bits per heavy atom. The second-order valence-electron chi connectivity index (χ2n) is 5.03. The summed E-state index contributed by atoms with van der Waals surface area (Å²) in [7, 11) is 2.02. The molecule has 2 aromatic rings. The summed E-state index contributed by atoms with van der Waals surface area (Å²) in [5.74, 6) is 1.57. The van der Waals surface area contributed by atoms with E-state index >= 15 is 0 Å². The summed E-state index contributed by atoms with van der Waals surface area (Å²) in [6, 6.07) is 4.38. The zero-order valence-corrected chi connectivity index (χ0v) is 11.9. The van der Waals surface area contributed by atoms with Crippen LogP contribution < -0.4 is 9.80 Å². The van der Waals surface area contributed by atoms with Crippen molar-refractivity contribution in [3.63, 3.8) is 0 Å². The van der Waals surface area contributed by atoms with Crippen LogP contribution in [0.3, 0.4) is 0 Å². The SMILES string of the molecule is Cc1cc(N(C)C2CN(c3nccnc3C#N)C2)ncn1. The molecule has 21 heavy (non-hydrogen) atoms. The van der Waals surface area contributed by atoms with E-state index in [1.807, 2.05) is 20.0 Å². The molecule has 0 spiro atoms. The average molecular weight is 281 g/mol. The zero-order valence-electron chi connectivity index (χ0n) is 11.9. The Hall–Kier alpha value is -2.75. The van der Waals surface area contributed by atoms with Crippen LogP contribution in [-0.2, 0) is 0 Å². The molecule has 3 heterocycles. The molecule has 1 aliphatic rings. The number of aryl methyl sites for hydroxylation is 1. The molecule has 106 valence electrons. The molecule has 2 aromatic heterocycles. The van der Waals surface area contributed by atoms with Gasteiger partial charge < -0.3 is 9.80 Å². The number of likely N-dealkylation sites (N-methyl/N-ethyl adjacent to an activating group) is 1. The zero-order chi connectivity index (χ0) is 14.8. The molecule has 0 N–H and O–H groups in total. The lowest BCUT2D eigenvalue weighted by molar-refractivity contribution is 0.488. The molecule has 3 rings (SSSR count). The predicted octanol–water partition coefficient (Wildman–Crippen LogP) is 0.772. The van der Waals surface area contributed by atoms with Crippen LogP contribution in [0, 0.1) is 18.3 Å².